The number of nitrogens with zero attached hydrogens (tertiary/aromatic N) is 1. The Bertz CT molecular complexity index is 785. The van der Waals surface area contributed by atoms with Crippen molar-refractivity contribution in [3.8, 4) is 6.07 Å². The van der Waals surface area contributed by atoms with E-state index in [-0.39, 0.29) is 4.90 Å². The fraction of sp³-hybridized carbons (Fsp3) is 0.188. The molecule has 0 spiro atoms. The lowest BCUT2D eigenvalue weighted by Crippen LogP contribution is -2.11. The average molecular weight is 304 g/mol. The normalized spacial score (nSPS) is 12.3. The van der Waals surface area contributed by atoms with Gasteiger partial charge in [0.25, 0.3) is 15.9 Å². The van der Waals surface area contributed by atoms with Crippen LogP contribution in [-0.4, -0.2) is 8.42 Å². The summed E-state index contributed by atoms with van der Waals surface area (Å²) in [4.78, 5) is 4.12. The molecule has 0 aromatic heterocycles. The second-order valence-corrected chi connectivity index (χ2v) is 6.62. The number of hydrogen-bond acceptors (Lipinski definition) is 2. The minimum atomic E-state index is -3.70. The Morgan fingerprint density at radius 3 is 2.14 bits per heavy atom. The number of hydrogen-bond donors (Lipinski definition) is 0. The molecular formula is C16H15FNO2S+. The van der Waals surface area contributed by atoms with Crippen molar-refractivity contribution in [2.75, 3.05) is 0 Å². The van der Waals surface area contributed by atoms with Gasteiger partial charge in [0.2, 0.25) is 0 Å². The van der Waals surface area contributed by atoms with Gasteiger partial charge in [-0.1, -0.05) is 22.5 Å². The van der Waals surface area contributed by atoms with Gasteiger partial charge < -0.3 is 0 Å². The highest BCUT2D eigenvalue weighted by atomic mass is 32.2. The van der Waals surface area contributed by atoms with Crippen LogP contribution in [0.1, 0.15) is 23.4 Å². The SMILES string of the molecule is CC#[N+]C(c1ccc(F)cc1)S(=O)(=O)c1ccc(C)cc1. The molecule has 2 aromatic rings. The molecule has 0 radical (unpaired) electrons. The number of benzene rings is 2. The summed E-state index contributed by atoms with van der Waals surface area (Å²) in [5.74, 6) is -0.422. The van der Waals surface area contributed by atoms with Gasteiger partial charge in [0, 0.05) is 0 Å². The summed E-state index contributed by atoms with van der Waals surface area (Å²) in [7, 11) is -3.70. The van der Waals surface area contributed by atoms with E-state index in [1.807, 2.05) is 6.92 Å². The van der Waals surface area contributed by atoms with E-state index in [0.29, 0.717) is 5.56 Å². The molecular weight excluding hydrogens is 289 g/mol. The van der Waals surface area contributed by atoms with E-state index in [2.05, 4.69) is 10.9 Å². The fourth-order valence-electron chi connectivity index (χ4n) is 1.92. The summed E-state index contributed by atoms with van der Waals surface area (Å²) >= 11 is 0. The number of aryl methyl sites for hydroxylation is 1. The molecule has 0 aliphatic heterocycles. The summed E-state index contributed by atoms with van der Waals surface area (Å²) < 4.78 is 38.4. The molecule has 1 unspecified atom stereocenters. The molecule has 21 heavy (non-hydrogen) atoms. The second kappa shape index (κ2) is 6.06. The Kier molecular flexibility index (Phi) is 4.39. The van der Waals surface area contributed by atoms with Crippen molar-refractivity contribution in [2.45, 2.75) is 24.1 Å². The summed E-state index contributed by atoms with van der Waals surface area (Å²) in [6.45, 7) is 3.41. The Morgan fingerprint density at radius 1 is 1.05 bits per heavy atom. The third-order valence-corrected chi connectivity index (χ3v) is 4.94. The van der Waals surface area contributed by atoms with Gasteiger partial charge in [0.05, 0.1) is 17.4 Å². The van der Waals surface area contributed by atoms with Gasteiger partial charge >= 0.3 is 5.37 Å². The zero-order chi connectivity index (χ0) is 15.5. The zero-order valence-corrected chi connectivity index (χ0v) is 12.6. The first-order valence-electron chi connectivity index (χ1n) is 6.38. The van der Waals surface area contributed by atoms with Crippen LogP contribution in [0.25, 0.3) is 4.85 Å². The topological polar surface area (TPSA) is 38.5 Å². The third-order valence-electron chi connectivity index (χ3n) is 3.04. The van der Waals surface area contributed by atoms with Crippen molar-refractivity contribution >= 4 is 9.84 Å². The molecule has 0 fully saturated rings. The van der Waals surface area contributed by atoms with Crippen molar-refractivity contribution in [2.24, 2.45) is 0 Å². The standard InChI is InChI=1S/C16H15FNO2S/c1-3-18-16(13-6-8-14(17)9-7-13)21(19,20)15-10-4-12(2)5-11-15/h4-11,16H,1-2H3/q+1. The molecule has 0 saturated carbocycles. The Hall–Kier alpha value is -2.19. The van der Waals surface area contributed by atoms with Gasteiger partial charge in [0.1, 0.15) is 5.82 Å². The van der Waals surface area contributed by atoms with Gasteiger partial charge in [-0.15, -0.1) is 0 Å². The van der Waals surface area contributed by atoms with Crippen LogP contribution < -0.4 is 0 Å². The summed E-state index contributed by atoms with van der Waals surface area (Å²) in [6, 6.07) is 14.4. The Labute approximate surface area is 123 Å². The van der Waals surface area contributed by atoms with Crippen molar-refractivity contribution in [1.82, 2.24) is 0 Å². The molecule has 0 aliphatic carbocycles. The van der Waals surface area contributed by atoms with Crippen LogP contribution in [0.2, 0.25) is 0 Å². The highest BCUT2D eigenvalue weighted by Crippen LogP contribution is 2.30. The molecule has 1 atom stereocenters. The molecule has 0 N–H and O–H groups in total. The minimum Gasteiger partial charge on any atom is -0.215 e. The first-order valence-corrected chi connectivity index (χ1v) is 7.92. The van der Waals surface area contributed by atoms with Gasteiger partial charge in [0.15, 0.2) is 0 Å². The van der Waals surface area contributed by atoms with Gasteiger partial charge in [-0.25, -0.2) is 12.8 Å². The van der Waals surface area contributed by atoms with Crippen LogP contribution in [0.5, 0.6) is 0 Å². The maximum atomic E-state index is 13.0. The second-order valence-electron chi connectivity index (χ2n) is 4.61. The first kappa shape index (κ1) is 15.2. The van der Waals surface area contributed by atoms with E-state index in [1.165, 1.54) is 31.2 Å². The summed E-state index contributed by atoms with van der Waals surface area (Å²) in [5.41, 5.74) is 1.38. The molecule has 3 nitrogen and oxygen atoms in total. The average Bonchev–Trinajstić information content (AvgIpc) is 2.46. The fourth-order valence-corrected chi connectivity index (χ4v) is 3.46. The molecule has 108 valence electrons. The van der Waals surface area contributed by atoms with E-state index in [9.17, 15) is 12.8 Å². The molecule has 0 amide bonds. The Balaban J connectivity index is 2.52. The van der Waals surface area contributed by atoms with E-state index < -0.39 is 21.0 Å². The van der Waals surface area contributed by atoms with Crippen LogP contribution in [0.3, 0.4) is 0 Å². The summed E-state index contributed by atoms with van der Waals surface area (Å²) in [6.07, 6.45) is 0. The van der Waals surface area contributed by atoms with Gasteiger partial charge in [-0.2, -0.15) is 0 Å². The monoisotopic (exact) mass is 304 g/mol. The van der Waals surface area contributed by atoms with Crippen LogP contribution in [0, 0.1) is 18.8 Å². The van der Waals surface area contributed by atoms with Crippen LogP contribution in [0.15, 0.2) is 53.4 Å². The molecule has 5 heteroatoms. The molecule has 2 rings (SSSR count). The maximum absolute atomic E-state index is 13.0. The number of rotatable bonds is 3. The molecule has 0 bridgehead atoms. The van der Waals surface area contributed by atoms with Crippen LogP contribution in [-0.2, 0) is 9.84 Å². The van der Waals surface area contributed by atoms with E-state index >= 15 is 0 Å². The predicted octanol–water partition coefficient (Wildman–Crippen LogP) is 3.96. The lowest BCUT2D eigenvalue weighted by molar-refractivity contribution is 0.589. The van der Waals surface area contributed by atoms with E-state index in [1.54, 1.807) is 24.3 Å². The number of halogens is 1. The van der Waals surface area contributed by atoms with Crippen molar-refractivity contribution in [1.29, 1.82) is 0 Å². The molecule has 0 heterocycles. The molecule has 0 aliphatic rings. The lowest BCUT2D eigenvalue weighted by Gasteiger charge is -2.05. The predicted molar refractivity (Wildman–Crippen MR) is 80.4 cm³/mol. The van der Waals surface area contributed by atoms with Gasteiger partial charge in [-0.3, -0.25) is 0 Å². The Morgan fingerprint density at radius 2 is 1.62 bits per heavy atom. The maximum Gasteiger partial charge on any atom is 0.398 e. The van der Waals surface area contributed by atoms with Gasteiger partial charge in [-0.05, 0) is 43.3 Å². The first-order chi connectivity index (χ1) is 9.95. The van der Waals surface area contributed by atoms with E-state index in [0.717, 1.165) is 5.56 Å². The third kappa shape index (κ3) is 3.29. The quantitative estimate of drug-likeness (QED) is 0.861. The molecule has 0 saturated heterocycles. The highest BCUT2D eigenvalue weighted by Gasteiger charge is 2.37. The minimum absolute atomic E-state index is 0.182. The number of sulfone groups is 1. The molecule has 2 aromatic carbocycles. The van der Waals surface area contributed by atoms with E-state index in [4.69, 9.17) is 0 Å². The lowest BCUT2D eigenvalue weighted by atomic mass is 10.2. The largest absolute Gasteiger partial charge is 0.398 e. The van der Waals surface area contributed by atoms with Crippen molar-refractivity contribution in [3.63, 3.8) is 0 Å². The van der Waals surface area contributed by atoms with Crippen LogP contribution >= 0.6 is 0 Å². The zero-order valence-electron chi connectivity index (χ0n) is 11.7. The van der Waals surface area contributed by atoms with Crippen molar-refractivity contribution in [3.05, 3.63) is 70.3 Å². The van der Waals surface area contributed by atoms with Crippen LogP contribution in [0.4, 0.5) is 4.39 Å². The highest BCUT2D eigenvalue weighted by molar-refractivity contribution is 7.91. The summed E-state index contributed by atoms with van der Waals surface area (Å²) in [5, 5.41) is -1.12. The van der Waals surface area contributed by atoms with Crippen molar-refractivity contribution < 1.29 is 12.8 Å². The smallest absolute Gasteiger partial charge is 0.215 e.